The lowest BCUT2D eigenvalue weighted by molar-refractivity contribution is 0.306. The first kappa shape index (κ1) is 9.78. The Hall–Kier alpha value is -1.76. The number of rotatable bonds is 3. The van der Waals surface area contributed by atoms with Crippen molar-refractivity contribution in [2.45, 2.75) is 6.61 Å². The van der Waals surface area contributed by atoms with Crippen LogP contribution in [-0.4, -0.2) is 0 Å². The molecule has 0 saturated heterocycles. The Morgan fingerprint density at radius 2 is 1.73 bits per heavy atom. The van der Waals surface area contributed by atoms with Gasteiger partial charge in [-0.2, -0.15) is 0 Å². The molecule has 0 amide bonds. The molecule has 2 rings (SSSR count). The van der Waals surface area contributed by atoms with E-state index >= 15 is 0 Å². The molecule has 0 fully saturated rings. The molecule has 0 aliphatic carbocycles. The molecule has 2 aromatic rings. The second-order valence-electron chi connectivity index (χ2n) is 3.42. The normalized spacial score (nSPS) is 9.93. The molecule has 0 aliphatic heterocycles. The highest BCUT2D eigenvalue weighted by Gasteiger charge is 1.94. The maximum atomic E-state index is 5.62. The minimum Gasteiger partial charge on any atom is -0.489 e. The number of hydrogen-bond donors (Lipinski definition) is 0. The maximum Gasteiger partial charge on any atom is 0.119 e. The van der Waals surface area contributed by atoms with Crippen molar-refractivity contribution in [2.24, 2.45) is 0 Å². The molecule has 0 N–H and O–H groups in total. The van der Waals surface area contributed by atoms with Gasteiger partial charge in [0.1, 0.15) is 12.4 Å². The van der Waals surface area contributed by atoms with Crippen molar-refractivity contribution >= 4 is 0 Å². The first-order chi connectivity index (χ1) is 7.34. The van der Waals surface area contributed by atoms with E-state index in [0.29, 0.717) is 6.61 Å². The molecule has 75 valence electrons. The van der Waals surface area contributed by atoms with Crippen LogP contribution in [0, 0.1) is 6.92 Å². The Bertz CT molecular complexity index is 420. The average Bonchev–Trinajstić information content (AvgIpc) is 2.28. The smallest absolute Gasteiger partial charge is 0.119 e. The SMILES string of the molecule is [CH2]c1cccc(COc2ccccc2)c1. The van der Waals surface area contributed by atoms with E-state index in [4.69, 9.17) is 4.74 Å². The summed E-state index contributed by atoms with van der Waals surface area (Å²) in [5.74, 6) is 0.895. The lowest BCUT2D eigenvalue weighted by Gasteiger charge is -2.06. The first-order valence-electron chi connectivity index (χ1n) is 4.93. The molecule has 0 aromatic heterocycles. The third kappa shape index (κ3) is 2.84. The molecule has 1 radical (unpaired) electrons. The van der Waals surface area contributed by atoms with Crippen LogP contribution in [0.15, 0.2) is 54.6 Å². The highest BCUT2D eigenvalue weighted by Crippen LogP contribution is 2.12. The number of para-hydroxylation sites is 1. The van der Waals surface area contributed by atoms with Crippen LogP contribution in [-0.2, 0) is 6.61 Å². The minimum atomic E-state index is 0.591. The number of benzene rings is 2. The lowest BCUT2D eigenvalue weighted by Crippen LogP contribution is -1.95. The van der Waals surface area contributed by atoms with Gasteiger partial charge in [-0.05, 0) is 30.2 Å². The van der Waals surface area contributed by atoms with Crippen LogP contribution in [0.2, 0.25) is 0 Å². The van der Waals surface area contributed by atoms with E-state index in [1.54, 1.807) is 0 Å². The minimum absolute atomic E-state index is 0.591. The molecule has 1 heteroatoms. The zero-order chi connectivity index (χ0) is 10.5. The zero-order valence-corrected chi connectivity index (χ0v) is 8.52. The second-order valence-corrected chi connectivity index (χ2v) is 3.42. The fourth-order valence-electron chi connectivity index (χ4n) is 1.40. The van der Waals surface area contributed by atoms with Gasteiger partial charge < -0.3 is 4.74 Å². The summed E-state index contributed by atoms with van der Waals surface area (Å²) in [7, 11) is 0. The average molecular weight is 197 g/mol. The van der Waals surface area contributed by atoms with Crippen molar-refractivity contribution in [1.82, 2.24) is 0 Å². The fraction of sp³-hybridized carbons (Fsp3) is 0.0714. The Kier molecular flexibility index (Phi) is 3.03. The molecule has 0 heterocycles. The van der Waals surface area contributed by atoms with E-state index in [0.717, 1.165) is 16.9 Å². The van der Waals surface area contributed by atoms with Crippen LogP contribution < -0.4 is 4.74 Å². The molecule has 1 nitrogen and oxygen atoms in total. The summed E-state index contributed by atoms with van der Waals surface area (Å²) in [4.78, 5) is 0. The number of ether oxygens (including phenoxy) is 1. The summed E-state index contributed by atoms with van der Waals surface area (Å²) < 4.78 is 5.62. The zero-order valence-electron chi connectivity index (χ0n) is 8.52. The Morgan fingerprint density at radius 3 is 2.47 bits per heavy atom. The van der Waals surface area contributed by atoms with E-state index in [2.05, 4.69) is 6.92 Å². The molecular weight excluding hydrogens is 184 g/mol. The van der Waals surface area contributed by atoms with E-state index in [-0.39, 0.29) is 0 Å². The van der Waals surface area contributed by atoms with Crippen molar-refractivity contribution in [1.29, 1.82) is 0 Å². The van der Waals surface area contributed by atoms with Gasteiger partial charge in [0, 0.05) is 0 Å². The highest BCUT2D eigenvalue weighted by molar-refractivity contribution is 5.26. The number of hydrogen-bond acceptors (Lipinski definition) is 1. The Morgan fingerprint density at radius 1 is 0.933 bits per heavy atom. The lowest BCUT2D eigenvalue weighted by atomic mass is 10.1. The highest BCUT2D eigenvalue weighted by atomic mass is 16.5. The molecule has 2 aromatic carbocycles. The maximum absolute atomic E-state index is 5.62. The Balaban J connectivity index is 1.99. The molecule has 0 aliphatic rings. The molecule has 15 heavy (non-hydrogen) atoms. The topological polar surface area (TPSA) is 9.23 Å². The van der Waals surface area contributed by atoms with Crippen LogP contribution in [0.1, 0.15) is 11.1 Å². The summed E-state index contributed by atoms with van der Waals surface area (Å²) in [6, 6.07) is 17.9. The van der Waals surface area contributed by atoms with Gasteiger partial charge in [0.15, 0.2) is 0 Å². The van der Waals surface area contributed by atoms with Crippen molar-refractivity contribution in [3.63, 3.8) is 0 Å². The Labute approximate surface area is 90.3 Å². The molecule has 0 atom stereocenters. The summed E-state index contributed by atoms with van der Waals surface area (Å²) in [6.07, 6.45) is 0. The third-order valence-corrected chi connectivity index (χ3v) is 2.14. The standard InChI is InChI=1S/C14H13O/c1-12-6-5-7-13(10-12)11-15-14-8-3-2-4-9-14/h2-10H,1,11H2. The molecule has 0 bridgehead atoms. The second kappa shape index (κ2) is 4.65. The van der Waals surface area contributed by atoms with E-state index < -0.39 is 0 Å². The van der Waals surface area contributed by atoms with Crippen LogP contribution in [0.25, 0.3) is 0 Å². The van der Waals surface area contributed by atoms with E-state index in [9.17, 15) is 0 Å². The summed E-state index contributed by atoms with van der Waals surface area (Å²) in [6.45, 7) is 4.47. The van der Waals surface area contributed by atoms with E-state index in [1.165, 1.54) is 0 Å². The van der Waals surface area contributed by atoms with Gasteiger partial charge in [-0.3, -0.25) is 0 Å². The van der Waals surface area contributed by atoms with Crippen molar-refractivity contribution in [3.05, 3.63) is 72.6 Å². The quantitative estimate of drug-likeness (QED) is 0.732. The molecule has 0 saturated carbocycles. The van der Waals surface area contributed by atoms with Crippen LogP contribution in [0.4, 0.5) is 0 Å². The fourth-order valence-corrected chi connectivity index (χ4v) is 1.40. The van der Waals surface area contributed by atoms with Crippen LogP contribution in [0.3, 0.4) is 0 Å². The van der Waals surface area contributed by atoms with Crippen molar-refractivity contribution in [2.75, 3.05) is 0 Å². The molecule has 0 spiro atoms. The third-order valence-electron chi connectivity index (χ3n) is 2.14. The first-order valence-corrected chi connectivity index (χ1v) is 4.93. The molecular formula is C14H13O. The van der Waals surface area contributed by atoms with Gasteiger partial charge in [-0.15, -0.1) is 0 Å². The summed E-state index contributed by atoms with van der Waals surface area (Å²) in [5, 5.41) is 0. The monoisotopic (exact) mass is 197 g/mol. The van der Waals surface area contributed by atoms with E-state index in [1.807, 2.05) is 54.6 Å². The molecule has 0 unspecified atom stereocenters. The predicted molar refractivity (Wildman–Crippen MR) is 61.7 cm³/mol. The van der Waals surface area contributed by atoms with Crippen molar-refractivity contribution in [3.8, 4) is 5.75 Å². The van der Waals surface area contributed by atoms with Crippen molar-refractivity contribution < 1.29 is 4.74 Å². The van der Waals surface area contributed by atoms with Gasteiger partial charge in [-0.25, -0.2) is 0 Å². The van der Waals surface area contributed by atoms with Gasteiger partial charge >= 0.3 is 0 Å². The summed E-state index contributed by atoms with van der Waals surface area (Å²) >= 11 is 0. The van der Waals surface area contributed by atoms with Gasteiger partial charge in [0.2, 0.25) is 0 Å². The summed E-state index contributed by atoms with van der Waals surface area (Å²) in [5.41, 5.74) is 2.16. The van der Waals surface area contributed by atoms with Gasteiger partial charge in [-0.1, -0.05) is 42.5 Å². The van der Waals surface area contributed by atoms with Gasteiger partial charge in [0.25, 0.3) is 0 Å². The predicted octanol–water partition coefficient (Wildman–Crippen LogP) is 3.45. The largest absolute Gasteiger partial charge is 0.489 e. The van der Waals surface area contributed by atoms with Crippen LogP contribution in [0.5, 0.6) is 5.75 Å². The van der Waals surface area contributed by atoms with Crippen LogP contribution >= 0.6 is 0 Å². The van der Waals surface area contributed by atoms with Gasteiger partial charge in [0.05, 0.1) is 0 Å².